The number of benzene rings is 3. The zero-order valence-corrected chi connectivity index (χ0v) is 18.3. The summed E-state index contributed by atoms with van der Waals surface area (Å²) in [4.78, 5) is 12.9. The van der Waals surface area contributed by atoms with Crippen molar-refractivity contribution in [2.24, 2.45) is 0 Å². The van der Waals surface area contributed by atoms with E-state index in [0.29, 0.717) is 22.9 Å². The van der Waals surface area contributed by atoms with Crippen LogP contribution in [0.3, 0.4) is 0 Å². The number of nitrogens with one attached hydrogen (secondary N) is 1. The maximum absolute atomic E-state index is 12.6. The first-order valence-electron chi connectivity index (χ1n) is 9.91. The lowest BCUT2D eigenvalue weighted by atomic mass is 10.1. The summed E-state index contributed by atoms with van der Waals surface area (Å²) in [5, 5.41) is 11.1. The van der Waals surface area contributed by atoms with Crippen LogP contribution in [0.2, 0.25) is 0 Å². The molecule has 1 aromatic heterocycles. The van der Waals surface area contributed by atoms with Crippen molar-refractivity contribution in [1.82, 2.24) is 15.5 Å². The summed E-state index contributed by atoms with van der Waals surface area (Å²) in [7, 11) is -3.26. The Bertz CT molecular complexity index is 1330. The Morgan fingerprint density at radius 3 is 1.97 bits per heavy atom. The van der Waals surface area contributed by atoms with E-state index in [-0.39, 0.29) is 16.8 Å². The van der Waals surface area contributed by atoms with Gasteiger partial charge in [0.2, 0.25) is 11.8 Å². The Labute approximate surface area is 186 Å². The number of rotatable bonds is 6. The van der Waals surface area contributed by atoms with Crippen LogP contribution in [0.25, 0.3) is 22.9 Å². The van der Waals surface area contributed by atoms with Crippen molar-refractivity contribution in [3.63, 3.8) is 0 Å². The molecule has 162 valence electrons. The molecule has 0 fully saturated rings. The Kier molecular flexibility index (Phi) is 5.87. The third-order valence-electron chi connectivity index (χ3n) is 5.00. The molecule has 1 atom stereocenters. The van der Waals surface area contributed by atoms with Gasteiger partial charge in [-0.1, -0.05) is 30.3 Å². The lowest BCUT2D eigenvalue weighted by molar-refractivity contribution is 0.0940. The first-order valence-corrected chi connectivity index (χ1v) is 11.8. The van der Waals surface area contributed by atoms with Gasteiger partial charge in [-0.2, -0.15) is 0 Å². The van der Waals surface area contributed by atoms with E-state index in [2.05, 4.69) is 15.5 Å². The monoisotopic (exact) mass is 447 g/mol. The quantitative estimate of drug-likeness (QED) is 0.473. The van der Waals surface area contributed by atoms with Crippen LogP contribution in [0.5, 0.6) is 0 Å². The van der Waals surface area contributed by atoms with Crippen molar-refractivity contribution < 1.29 is 17.6 Å². The summed E-state index contributed by atoms with van der Waals surface area (Å²) in [5.41, 5.74) is 2.83. The van der Waals surface area contributed by atoms with Crippen LogP contribution in [0, 0.1) is 0 Å². The van der Waals surface area contributed by atoms with E-state index < -0.39 is 9.84 Å². The number of sulfone groups is 1. The van der Waals surface area contributed by atoms with Crippen molar-refractivity contribution >= 4 is 15.7 Å². The highest BCUT2D eigenvalue weighted by molar-refractivity contribution is 7.90. The average molecular weight is 448 g/mol. The van der Waals surface area contributed by atoms with Crippen LogP contribution in [-0.4, -0.2) is 30.8 Å². The third-order valence-corrected chi connectivity index (χ3v) is 6.12. The van der Waals surface area contributed by atoms with Crippen molar-refractivity contribution in [2.45, 2.75) is 17.9 Å². The summed E-state index contributed by atoms with van der Waals surface area (Å²) in [6.07, 6.45) is 1.16. The van der Waals surface area contributed by atoms with Gasteiger partial charge in [0.25, 0.3) is 5.91 Å². The zero-order valence-electron chi connectivity index (χ0n) is 17.5. The van der Waals surface area contributed by atoms with Crippen LogP contribution < -0.4 is 5.32 Å². The zero-order chi connectivity index (χ0) is 22.7. The van der Waals surface area contributed by atoms with E-state index in [4.69, 9.17) is 4.42 Å². The second kappa shape index (κ2) is 8.76. The van der Waals surface area contributed by atoms with Crippen molar-refractivity contribution in [3.05, 3.63) is 90.0 Å². The molecular formula is C24H21N3O4S. The second-order valence-electron chi connectivity index (χ2n) is 7.39. The minimum atomic E-state index is -3.26. The average Bonchev–Trinajstić information content (AvgIpc) is 3.29. The number of hydrogen-bond acceptors (Lipinski definition) is 6. The SMILES string of the molecule is C[C@H](NC(=O)c1ccc(-c2nnc(-c3ccccc3)o2)cc1)c1ccc(S(C)(=O)=O)cc1. The van der Waals surface area contributed by atoms with Gasteiger partial charge in [-0.05, 0) is 61.0 Å². The van der Waals surface area contributed by atoms with Gasteiger partial charge < -0.3 is 9.73 Å². The van der Waals surface area contributed by atoms with E-state index in [1.807, 2.05) is 37.3 Å². The molecule has 1 N–H and O–H groups in total. The molecule has 0 saturated carbocycles. The molecule has 0 saturated heterocycles. The van der Waals surface area contributed by atoms with E-state index >= 15 is 0 Å². The molecular weight excluding hydrogens is 426 g/mol. The Hall–Kier alpha value is -3.78. The fraction of sp³-hybridized carbons (Fsp3) is 0.125. The van der Waals surface area contributed by atoms with Gasteiger partial charge >= 0.3 is 0 Å². The topological polar surface area (TPSA) is 102 Å². The first kappa shape index (κ1) is 21.5. The van der Waals surface area contributed by atoms with E-state index in [1.165, 1.54) is 12.1 Å². The summed E-state index contributed by atoms with van der Waals surface area (Å²) >= 11 is 0. The van der Waals surface area contributed by atoms with Crippen LogP contribution >= 0.6 is 0 Å². The Morgan fingerprint density at radius 1 is 0.844 bits per heavy atom. The molecule has 4 aromatic rings. The normalized spacial score (nSPS) is 12.3. The minimum absolute atomic E-state index is 0.242. The summed E-state index contributed by atoms with van der Waals surface area (Å²) in [5.74, 6) is 0.556. The maximum Gasteiger partial charge on any atom is 0.251 e. The molecule has 1 amide bonds. The molecule has 0 bridgehead atoms. The molecule has 0 aliphatic rings. The van der Waals surface area contributed by atoms with Crippen LogP contribution in [-0.2, 0) is 9.84 Å². The van der Waals surface area contributed by atoms with Crippen LogP contribution in [0.1, 0.15) is 28.9 Å². The van der Waals surface area contributed by atoms with Gasteiger partial charge in [0.15, 0.2) is 9.84 Å². The van der Waals surface area contributed by atoms with E-state index in [1.54, 1.807) is 36.4 Å². The predicted molar refractivity (Wildman–Crippen MR) is 121 cm³/mol. The fourth-order valence-electron chi connectivity index (χ4n) is 3.17. The van der Waals surface area contributed by atoms with Crippen molar-refractivity contribution in [2.75, 3.05) is 6.26 Å². The molecule has 0 aliphatic carbocycles. The Morgan fingerprint density at radius 2 is 1.41 bits per heavy atom. The molecule has 4 rings (SSSR count). The van der Waals surface area contributed by atoms with Crippen LogP contribution in [0.4, 0.5) is 0 Å². The number of carbonyl (C=O) groups excluding carboxylic acids is 1. The molecule has 0 unspecified atom stereocenters. The molecule has 7 nitrogen and oxygen atoms in total. The molecule has 1 heterocycles. The van der Waals surface area contributed by atoms with Gasteiger partial charge in [0.1, 0.15) is 0 Å². The lowest BCUT2D eigenvalue weighted by Gasteiger charge is -2.15. The Balaban J connectivity index is 1.44. The number of hydrogen-bond donors (Lipinski definition) is 1. The fourth-order valence-corrected chi connectivity index (χ4v) is 3.80. The third kappa shape index (κ3) is 4.76. The largest absolute Gasteiger partial charge is 0.416 e. The van der Waals surface area contributed by atoms with Gasteiger partial charge in [-0.15, -0.1) is 10.2 Å². The van der Waals surface area contributed by atoms with E-state index in [0.717, 1.165) is 17.4 Å². The van der Waals surface area contributed by atoms with Gasteiger partial charge in [0, 0.05) is 22.9 Å². The van der Waals surface area contributed by atoms with Gasteiger partial charge in [-0.3, -0.25) is 4.79 Å². The van der Waals surface area contributed by atoms with Gasteiger partial charge in [0.05, 0.1) is 10.9 Å². The van der Waals surface area contributed by atoms with Gasteiger partial charge in [-0.25, -0.2) is 8.42 Å². The molecule has 0 aliphatic heterocycles. The first-order chi connectivity index (χ1) is 15.3. The van der Waals surface area contributed by atoms with E-state index in [9.17, 15) is 13.2 Å². The van der Waals surface area contributed by atoms with Crippen molar-refractivity contribution in [3.8, 4) is 22.9 Å². The smallest absolute Gasteiger partial charge is 0.251 e. The summed E-state index contributed by atoms with van der Waals surface area (Å²) in [6, 6.07) is 22.6. The summed E-state index contributed by atoms with van der Waals surface area (Å²) in [6.45, 7) is 1.84. The molecule has 0 radical (unpaired) electrons. The molecule has 0 spiro atoms. The summed E-state index contributed by atoms with van der Waals surface area (Å²) < 4.78 is 28.9. The number of carbonyl (C=O) groups is 1. The molecule has 8 heteroatoms. The number of amides is 1. The number of nitrogens with zero attached hydrogens (tertiary/aromatic N) is 2. The number of aromatic nitrogens is 2. The molecule has 3 aromatic carbocycles. The highest BCUT2D eigenvalue weighted by Gasteiger charge is 2.15. The lowest BCUT2D eigenvalue weighted by Crippen LogP contribution is -2.26. The van der Waals surface area contributed by atoms with Crippen molar-refractivity contribution in [1.29, 1.82) is 0 Å². The highest BCUT2D eigenvalue weighted by Crippen LogP contribution is 2.24. The van der Waals surface area contributed by atoms with Crippen LogP contribution in [0.15, 0.2) is 88.2 Å². The predicted octanol–water partition coefficient (Wildman–Crippen LogP) is 4.30. The second-order valence-corrected chi connectivity index (χ2v) is 9.41. The minimum Gasteiger partial charge on any atom is -0.416 e. The maximum atomic E-state index is 12.6. The highest BCUT2D eigenvalue weighted by atomic mass is 32.2. The molecule has 32 heavy (non-hydrogen) atoms. The standard InChI is InChI=1S/C24H21N3O4S/c1-16(17-12-14-21(15-13-17)32(2,29)30)25-22(28)18-8-10-20(11-9-18)24-27-26-23(31-24)19-6-4-3-5-7-19/h3-16H,1-2H3,(H,25,28)/t16-/m0/s1.